The lowest BCUT2D eigenvalue weighted by Crippen LogP contribution is -2.00. The zero-order chi connectivity index (χ0) is 30.2. The molecule has 216 valence electrons. The highest BCUT2D eigenvalue weighted by Crippen LogP contribution is 2.46. The average molecular weight is 624 g/mol. The Bertz CT molecular complexity index is 2640. The average Bonchev–Trinajstić information content (AvgIpc) is 3.89. The Balaban J connectivity index is 0.962. The molecule has 6 aromatic carbocycles. The molecule has 0 bridgehead atoms. The molecule has 3 aromatic heterocycles. The quantitative estimate of drug-likeness (QED) is 0.208. The van der Waals surface area contributed by atoms with Crippen LogP contribution in [0, 0.1) is 0 Å². The summed E-state index contributed by atoms with van der Waals surface area (Å²) in [7, 11) is 0. The van der Waals surface area contributed by atoms with Crippen molar-refractivity contribution in [3.8, 4) is 33.6 Å². The molecular formula is C41H25N3S2. The third-order valence-corrected chi connectivity index (χ3v) is 11.6. The van der Waals surface area contributed by atoms with E-state index in [0.29, 0.717) is 0 Å². The number of imidazole rings is 1. The summed E-state index contributed by atoms with van der Waals surface area (Å²) in [5, 5.41) is 2.68. The molecule has 0 atom stereocenters. The summed E-state index contributed by atoms with van der Waals surface area (Å²) in [5.41, 5.74) is 12.8. The van der Waals surface area contributed by atoms with Gasteiger partial charge in [-0.15, -0.1) is 22.7 Å². The van der Waals surface area contributed by atoms with Gasteiger partial charge < -0.3 is 4.98 Å². The van der Waals surface area contributed by atoms with E-state index in [4.69, 9.17) is 9.98 Å². The van der Waals surface area contributed by atoms with Crippen molar-refractivity contribution < 1.29 is 0 Å². The molecule has 1 aliphatic heterocycles. The number of nitrogens with zero attached hydrogens (tertiary/aromatic N) is 2. The molecule has 46 heavy (non-hydrogen) atoms. The Kier molecular flexibility index (Phi) is 5.68. The highest BCUT2D eigenvalue weighted by molar-refractivity contribution is 7.36. The first-order chi connectivity index (χ1) is 22.7. The van der Waals surface area contributed by atoms with Gasteiger partial charge in [-0.1, -0.05) is 97.1 Å². The highest BCUT2D eigenvalue weighted by Gasteiger charge is 2.17. The van der Waals surface area contributed by atoms with Crippen molar-refractivity contribution in [3.63, 3.8) is 0 Å². The number of benzene rings is 6. The summed E-state index contributed by atoms with van der Waals surface area (Å²) in [4.78, 5) is 13.1. The molecule has 4 heterocycles. The normalized spacial score (nSPS) is 12.8. The molecule has 0 saturated heterocycles. The van der Waals surface area contributed by atoms with Crippen LogP contribution in [0.15, 0.2) is 138 Å². The van der Waals surface area contributed by atoms with Crippen LogP contribution in [0.1, 0.15) is 11.1 Å². The van der Waals surface area contributed by atoms with Crippen molar-refractivity contribution in [3.05, 3.63) is 145 Å². The minimum atomic E-state index is 0.891. The molecule has 9 aromatic rings. The fraction of sp³-hybridized carbons (Fsp3) is 0.0244. The monoisotopic (exact) mass is 623 g/mol. The van der Waals surface area contributed by atoms with Crippen LogP contribution in [-0.2, 0) is 6.42 Å². The number of hydrogen-bond donors (Lipinski definition) is 1. The Morgan fingerprint density at radius 2 is 1.15 bits per heavy atom. The van der Waals surface area contributed by atoms with Crippen molar-refractivity contribution >= 4 is 74.7 Å². The Hall–Kier alpha value is -5.36. The van der Waals surface area contributed by atoms with E-state index in [1.54, 1.807) is 0 Å². The van der Waals surface area contributed by atoms with Gasteiger partial charge in [-0.05, 0) is 69.8 Å². The van der Waals surface area contributed by atoms with Crippen LogP contribution in [0.3, 0.4) is 0 Å². The van der Waals surface area contributed by atoms with Crippen molar-refractivity contribution in [1.82, 2.24) is 9.97 Å². The van der Waals surface area contributed by atoms with Gasteiger partial charge >= 0.3 is 0 Å². The molecule has 0 unspecified atom stereocenters. The summed E-state index contributed by atoms with van der Waals surface area (Å²) in [6, 6.07) is 48.0. The van der Waals surface area contributed by atoms with Crippen LogP contribution in [0.25, 0.3) is 74.2 Å². The van der Waals surface area contributed by atoms with Crippen LogP contribution in [0.5, 0.6) is 0 Å². The lowest BCUT2D eigenvalue weighted by atomic mass is 9.98. The topological polar surface area (TPSA) is 41.0 Å². The zero-order valence-electron chi connectivity index (χ0n) is 24.6. The van der Waals surface area contributed by atoms with E-state index in [0.717, 1.165) is 40.2 Å². The number of nitrogens with one attached hydrogen (secondary N) is 1. The number of aromatic nitrogens is 2. The van der Waals surface area contributed by atoms with E-state index in [2.05, 4.69) is 120 Å². The standard InChI is InChI=1S/C41H25N3S2/c1-2-9-33-30(6-1)21-36(42-33)29-8-5-7-26(20-29)28-17-19-32-38(23-28)46-39-31-18-16-27(22-37(31)45-40(32)39)24-12-14-25(15-13-24)41-43-34-10-3-4-11-35(34)44-41/h1-20,22-23H,21H2,(H,43,44). The van der Waals surface area contributed by atoms with Crippen molar-refractivity contribution in [2.45, 2.75) is 6.42 Å². The number of thiophene rings is 2. The molecule has 0 fully saturated rings. The second-order valence-corrected chi connectivity index (χ2v) is 14.0. The summed E-state index contributed by atoms with van der Waals surface area (Å²) in [6.45, 7) is 0. The first-order valence-electron chi connectivity index (χ1n) is 15.4. The second kappa shape index (κ2) is 10.1. The van der Waals surface area contributed by atoms with Gasteiger partial charge in [0, 0.05) is 32.2 Å². The number of hydrogen-bond acceptors (Lipinski definition) is 4. The molecule has 5 heteroatoms. The fourth-order valence-corrected chi connectivity index (χ4v) is 9.44. The van der Waals surface area contributed by atoms with E-state index in [1.165, 1.54) is 63.0 Å². The van der Waals surface area contributed by atoms with Crippen LogP contribution < -0.4 is 0 Å². The van der Waals surface area contributed by atoms with E-state index in [9.17, 15) is 0 Å². The molecule has 3 nitrogen and oxygen atoms in total. The summed E-state index contributed by atoms with van der Waals surface area (Å²) >= 11 is 3.81. The second-order valence-electron chi connectivity index (χ2n) is 11.9. The minimum absolute atomic E-state index is 0.891. The molecule has 1 N–H and O–H groups in total. The van der Waals surface area contributed by atoms with E-state index < -0.39 is 0 Å². The van der Waals surface area contributed by atoms with Crippen molar-refractivity contribution in [2.24, 2.45) is 4.99 Å². The smallest absolute Gasteiger partial charge is 0.138 e. The predicted octanol–water partition coefficient (Wildman–Crippen LogP) is 11.8. The fourth-order valence-electron chi connectivity index (χ4n) is 6.70. The zero-order valence-corrected chi connectivity index (χ0v) is 26.3. The number of para-hydroxylation sites is 3. The highest BCUT2D eigenvalue weighted by atomic mass is 32.1. The van der Waals surface area contributed by atoms with E-state index in [1.807, 2.05) is 40.9 Å². The van der Waals surface area contributed by atoms with Crippen LogP contribution in [0.2, 0.25) is 0 Å². The molecule has 0 aliphatic carbocycles. The maximum absolute atomic E-state index is 4.92. The Morgan fingerprint density at radius 3 is 1.91 bits per heavy atom. The predicted molar refractivity (Wildman–Crippen MR) is 197 cm³/mol. The van der Waals surface area contributed by atoms with Gasteiger partial charge in [0.2, 0.25) is 0 Å². The number of aromatic amines is 1. The number of fused-ring (bicyclic) bond motifs is 7. The first kappa shape index (κ1) is 25.9. The Labute approximate surface area is 273 Å². The summed E-state index contributed by atoms with van der Waals surface area (Å²) in [5.74, 6) is 0.902. The molecule has 10 rings (SSSR count). The van der Waals surface area contributed by atoms with Gasteiger partial charge in [0.15, 0.2) is 0 Å². The van der Waals surface area contributed by atoms with Gasteiger partial charge in [0.25, 0.3) is 0 Å². The molecule has 0 radical (unpaired) electrons. The van der Waals surface area contributed by atoms with Crippen LogP contribution in [-0.4, -0.2) is 15.7 Å². The van der Waals surface area contributed by atoms with Crippen molar-refractivity contribution in [2.75, 3.05) is 0 Å². The SMILES string of the molecule is c1cc(C2=Nc3ccccc3C2)cc(-c2ccc3c(c2)sc2c4ccc(-c5ccc(-c6nc7ccccc7[nH]6)cc5)cc4sc32)c1. The summed E-state index contributed by atoms with van der Waals surface area (Å²) in [6.07, 6.45) is 0.891. The first-order valence-corrected chi connectivity index (χ1v) is 17.1. The third-order valence-electron chi connectivity index (χ3n) is 9.10. The number of H-pyrrole nitrogens is 1. The largest absolute Gasteiger partial charge is 0.338 e. The molecule has 1 aliphatic rings. The van der Waals surface area contributed by atoms with E-state index >= 15 is 0 Å². The minimum Gasteiger partial charge on any atom is -0.338 e. The maximum atomic E-state index is 4.92. The number of aliphatic imine (C=N–C) groups is 1. The molecule has 0 spiro atoms. The molecular weight excluding hydrogens is 599 g/mol. The summed E-state index contributed by atoms with van der Waals surface area (Å²) < 4.78 is 5.43. The van der Waals surface area contributed by atoms with Crippen LogP contribution >= 0.6 is 22.7 Å². The van der Waals surface area contributed by atoms with Gasteiger partial charge in [0.05, 0.1) is 31.8 Å². The van der Waals surface area contributed by atoms with Gasteiger partial charge in [0.1, 0.15) is 5.82 Å². The maximum Gasteiger partial charge on any atom is 0.138 e. The lowest BCUT2D eigenvalue weighted by Gasteiger charge is -2.06. The van der Waals surface area contributed by atoms with Gasteiger partial charge in [-0.3, -0.25) is 4.99 Å². The van der Waals surface area contributed by atoms with E-state index in [-0.39, 0.29) is 0 Å². The Morgan fingerprint density at radius 1 is 0.522 bits per heavy atom. The third kappa shape index (κ3) is 4.17. The van der Waals surface area contributed by atoms with Crippen molar-refractivity contribution in [1.29, 1.82) is 0 Å². The number of rotatable bonds is 4. The van der Waals surface area contributed by atoms with Gasteiger partial charge in [-0.25, -0.2) is 4.98 Å². The molecule has 0 saturated carbocycles. The molecule has 0 amide bonds. The van der Waals surface area contributed by atoms with Crippen LogP contribution in [0.4, 0.5) is 5.69 Å². The lowest BCUT2D eigenvalue weighted by molar-refractivity contribution is 1.34. The van der Waals surface area contributed by atoms with Gasteiger partial charge in [-0.2, -0.15) is 0 Å².